The summed E-state index contributed by atoms with van der Waals surface area (Å²) in [6.07, 6.45) is 74.0. The van der Waals surface area contributed by atoms with Gasteiger partial charge in [0, 0.05) is 19.3 Å². The van der Waals surface area contributed by atoms with Crippen molar-refractivity contribution in [3.63, 3.8) is 0 Å². The van der Waals surface area contributed by atoms with E-state index in [-0.39, 0.29) is 38.4 Å². The van der Waals surface area contributed by atoms with E-state index in [4.69, 9.17) is 14.2 Å². The van der Waals surface area contributed by atoms with Gasteiger partial charge in [0.1, 0.15) is 13.2 Å². The van der Waals surface area contributed by atoms with Crippen LogP contribution in [0.15, 0.2) is 158 Å². The van der Waals surface area contributed by atoms with Crippen molar-refractivity contribution in [1.29, 1.82) is 0 Å². The number of unbranched alkanes of at least 4 members (excludes halogenated alkanes) is 5. The lowest BCUT2D eigenvalue weighted by Crippen LogP contribution is -2.30. The average molecular weight is 879 g/mol. The van der Waals surface area contributed by atoms with Crippen LogP contribution in [0.1, 0.15) is 168 Å². The molecule has 0 aromatic carbocycles. The van der Waals surface area contributed by atoms with E-state index in [0.717, 1.165) is 103 Å². The first-order valence-corrected chi connectivity index (χ1v) is 24.5. The zero-order valence-corrected chi connectivity index (χ0v) is 40.2. The maximum absolute atomic E-state index is 12.7. The zero-order valence-electron chi connectivity index (χ0n) is 40.2. The maximum Gasteiger partial charge on any atom is 0.306 e. The highest BCUT2D eigenvalue weighted by molar-refractivity contribution is 5.71. The number of allylic oxidation sites excluding steroid dienone is 26. The Morgan fingerprint density at radius 3 is 1.08 bits per heavy atom. The van der Waals surface area contributed by atoms with Gasteiger partial charge in [0.25, 0.3) is 0 Å². The molecule has 0 amide bonds. The van der Waals surface area contributed by atoms with Crippen LogP contribution in [0.2, 0.25) is 0 Å². The van der Waals surface area contributed by atoms with Gasteiger partial charge in [-0.2, -0.15) is 0 Å². The van der Waals surface area contributed by atoms with Crippen LogP contribution >= 0.6 is 0 Å². The van der Waals surface area contributed by atoms with E-state index in [0.29, 0.717) is 12.8 Å². The average Bonchev–Trinajstić information content (AvgIpc) is 3.29. The van der Waals surface area contributed by atoms with Gasteiger partial charge in [-0.05, 0) is 109 Å². The molecule has 0 aliphatic rings. The molecule has 1 atom stereocenters. The fourth-order valence-electron chi connectivity index (χ4n) is 5.67. The van der Waals surface area contributed by atoms with Crippen LogP contribution in [0.25, 0.3) is 0 Å². The van der Waals surface area contributed by atoms with E-state index in [1.165, 1.54) is 12.8 Å². The number of carbonyl (C=O) groups is 3. The topological polar surface area (TPSA) is 78.9 Å². The highest BCUT2D eigenvalue weighted by atomic mass is 16.6. The summed E-state index contributed by atoms with van der Waals surface area (Å²) in [5, 5.41) is 0. The lowest BCUT2D eigenvalue weighted by atomic mass is 10.1. The van der Waals surface area contributed by atoms with Crippen molar-refractivity contribution in [2.75, 3.05) is 13.2 Å². The quantitative estimate of drug-likeness (QED) is 0.0200. The van der Waals surface area contributed by atoms with Gasteiger partial charge in [0.05, 0.1) is 0 Å². The Morgan fingerprint density at radius 1 is 0.344 bits per heavy atom. The first kappa shape index (κ1) is 59.0. The zero-order chi connectivity index (χ0) is 46.5. The number of esters is 3. The van der Waals surface area contributed by atoms with Crippen molar-refractivity contribution < 1.29 is 28.6 Å². The summed E-state index contributed by atoms with van der Waals surface area (Å²) in [5.41, 5.74) is 0. The molecule has 354 valence electrons. The van der Waals surface area contributed by atoms with Crippen molar-refractivity contribution in [2.24, 2.45) is 0 Å². The standard InChI is InChI=1S/C58H86O6/c1-4-7-10-13-16-19-22-24-26-28-29-30-32-33-36-39-42-45-48-51-57(60)63-54-55(53-62-56(59)50-47-44-41-38-35-21-18-15-12-9-6-3)64-58(61)52-49-46-43-40-37-34-31-27-25-23-20-17-14-11-8-5-2/h7-8,10-11,15-21,24-27,29-30,33-37,42-43,45-46,55H,4-6,9,12-14,22-23,28,31-32,38-41,44,47-54H2,1-3H3/b10-7-,11-8-,18-15-,19-16-,20-17-,26-24-,27-25-,30-29-,35-21-,36-33-,37-34-,45-42-,46-43-. The normalized spacial score (nSPS) is 13.5. The highest BCUT2D eigenvalue weighted by Gasteiger charge is 2.19. The molecule has 0 aliphatic heterocycles. The molecule has 0 fully saturated rings. The van der Waals surface area contributed by atoms with Crippen LogP contribution in [-0.4, -0.2) is 37.2 Å². The molecule has 0 aromatic heterocycles. The summed E-state index contributed by atoms with van der Waals surface area (Å²) < 4.78 is 16.6. The predicted octanol–water partition coefficient (Wildman–Crippen LogP) is 16.2. The monoisotopic (exact) mass is 879 g/mol. The van der Waals surface area contributed by atoms with Crippen LogP contribution in [0, 0.1) is 0 Å². The van der Waals surface area contributed by atoms with Gasteiger partial charge in [-0.25, -0.2) is 0 Å². The minimum Gasteiger partial charge on any atom is -0.462 e. The minimum absolute atomic E-state index is 0.153. The van der Waals surface area contributed by atoms with Gasteiger partial charge in [0.2, 0.25) is 0 Å². The van der Waals surface area contributed by atoms with Crippen LogP contribution in [-0.2, 0) is 28.6 Å². The summed E-state index contributed by atoms with van der Waals surface area (Å²) in [7, 11) is 0. The second-order valence-corrected chi connectivity index (χ2v) is 15.3. The first-order chi connectivity index (χ1) is 31.5. The van der Waals surface area contributed by atoms with Gasteiger partial charge in [-0.15, -0.1) is 0 Å². The second-order valence-electron chi connectivity index (χ2n) is 15.3. The lowest BCUT2D eigenvalue weighted by molar-refractivity contribution is -0.166. The Hall–Kier alpha value is -4.97. The number of ether oxygens (including phenoxy) is 3. The Morgan fingerprint density at radius 2 is 0.688 bits per heavy atom. The number of carbonyl (C=O) groups excluding carboxylic acids is 3. The fraction of sp³-hybridized carbons (Fsp3) is 0.500. The molecule has 0 saturated heterocycles. The van der Waals surface area contributed by atoms with Crippen molar-refractivity contribution in [3.05, 3.63) is 158 Å². The molecule has 6 heteroatoms. The lowest BCUT2D eigenvalue weighted by Gasteiger charge is -2.18. The summed E-state index contributed by atoms with van der Waals surface area (Å²) in [6.45, 7) is 6.16. The summed E-state index contributed by atoms with van der Waals surface area (Å²) in [6, 6.07) is 0. The summed E-state index contributed by atoms with van der Waals surface area (Å²) >= 11 is 0. The molecule has 6 nitrogen and oxygen atoms in total. The van der Waals surface area contributed by atoms with Crippen molar-refractivity contribution >= 4 is 17.9 Å². The minimum atomic E-state index is -0.866. The molecule has 0 radical (unpaired) electrons. The molecule has 0 N–H and O–H groups in total. The molecule has 0 rings (SSSR count). The van der Waals surface area contributed by atoms with E-state index < -0.39 is 18.0 Å². The third kappa shape index (κ3) is 48.1. The van der Waals surface area contributed by atoms with Gasteiger partial charge >= 0.3 is 17.9 Å². The van der Waals surface area contributed by atoms with Crippen LogP contribution in [0.5, 0.6) is 0 Å². The molecular weight excluding hydrogens is 793 g/mol. The molecule has 0 saturated carbocycles. The van der Waals surface area contributed by atoms with E-state index in [9.17, 15) is 14.4 Å². The van der Waals surface area contributed by atoms with Crippen LogP contribution in [0.4, 0.5) is 0 Å². The molecule has 0 spiro atoms. The maximum atomic E-state index is 12.7. The summed E-state index contributed by atoms with van der Waals surface area (Å²) in [4.78, 5) is 37.8. The smallest absolute Gasteiger partial charge is 0.306 e. The molecule has 0 bridgehead atoms. The largest absolute Gasteiger partial charge is 0.462 e. The Labute approximate surface area is 390 Å². The van der Waals surface area contributed by atoms with E-state index in [2.05, 4.69) is 154 Å². The molecule has 0 aliphatic carbocycles. The molecule has 64 heavy (non-hydrogen) atoms. The van der Waals surface area contributed by atoms with Gasteiger partial charge in [-0.1, -0.05) is 198 Å². The van der Waals surface area contributed by atoms with E-state index in [1.54, 1.807) is 0 Å². The van der Waals surface area contributed by atoms with Crippen LogP contribution in [0.3, 0.4) is 0 Å². The van der Waals surface area contributed by atoms with Gasteiger partial charge in [-0.3, -0.25) is 14.4 Å². The predicted molar refractivity (Wildman–Crippen MR) is 274 cm³/mol. The SMILES string of the molecule is CC/C=C\C/C=C\C/C=C\C/C=C\C/C=C\C/C=C\CCC(=O)OCC(COC(=O)CCCCC/C=C\C=C/CCCC)OC(=O)CC/C=C\C/C=C\C/C=C\C/C=C\C/C=C\CC. The molecule has 1 unspecified atom stereocenters. The fourth-order valence-corrected chi connectivity index (χ4v) is 5.67. The highest BCUT2D eigenvalue weighted by Crippen LogP contribution is 2.09. The Kier molecular flexibility index (Phi) is 46.7. The Balaban J connectivity index is 4.67. The van der Waals surface area contributed by atoms with Crippen molar-refractivity contribution in [2.45, 2.75) is 175 Å². The number of hydrogen-bond acceptors (Lipinski definition) is 6. The molecule has 0 aromatic rings. The Bertz CT molecular complexity index is 1520. The third-order valence-electron chi connectivity index (χ3n) is 9.30. The molecular formula is C58H86O6. The molecule has 0 heterocycles. The van der Waals surface area contributed by atoms with Crippen molar-refractivity contribution in [1.82, 2.24) is 0 Å². The number of rotatable bonds is 41. The van der Waals surface area contributed by atoms with Crippen LogP contribution < -0.4 is 0 Å². The van der Waals surface area contributed by atoms with Gasteiger partial charge in [0.15, 0.2) is 6.10 Å². The number of hydrogen-bond donors (Lipinski definition) is 0. The second kappa shape index (κ2) is 50.7. The van der Waals surface area contributed by atoms with E-state index >= 15 is 0 Å². The van der Waals surface area contributed by atoms with E-state index in [1.807, 2.05) is 24.3 Å². The van der Waals surface area contributed by atoms with Gasteiger partial charge < -0.3 is 14.2 Å². The summed E-state index contributed by atoms with van der Waals surface area (Å²) in [5.74, 6) is -1.17. The first-order valence-electron chi connectivity index (χ1n) is 24.5. The third-order valence-corrected chi connectivity index (χ3v) is 9.30. The van der Waals surface area contributed by atoms with Crippen molar-refractivity contribution in [3.8, 4) is 0 Å².